The minimum Gasteiger partial charge on any atom is -0.341 e. The van der Waals surface area contributed by atoms with Crippen LogP contribution in [-0.2, 0) is 4.79 Å². The molecule has 1 amide bonds. The molecule has 2 saturated heterocycles. The van der Waals surface area contributed by atoms with Crippen LogP contribution in [0, 0.1) is 5.92 Å². The standard InChI is InChI=1S/C19H22N4O2/c24-16(22-9-4-10-22)12-23-15-8-7-14(11-15)17(23)19-20-18(21-25-19)13-5-2-1-3-6-13/h1-3,5-6,14-15,17H,4,7-12H2/t14-,15-,17+/m1/s1. The zero-order valence-electron chi connectivity index (χ0n) is 14.2. The number of aromatic nitrogens is 2. The highest BCUT2D eigenvalue weighted by Crippen LogP contribution is 2.49. The van der Waals surface area contributed by atoms with E-state index in [-0.39, 0.29) is 11.9 Å². The number of benzene rings is 1. The summed E-state index contributed by atoms with van der Waals surface area (Å²) in [5.41, 5.74) is 0.962. The molecule has 25 heavy (non-hydrogen) atoms. The van der Waals surface area contributed by atoms with Crippen LogP contribution in [0.1, 0.15) is 37.6 Å². The third-order valence-corrected chi connectivity index (χ3v) is 5.97. The molecule has 3 atom stereocenters. The van der Waals surface area contributed by atoms with Crippen molar-refractivity contribution in [3.63, 3.8) is 0 Å². The molecule has 130 valence electrons. The van der Waals surface area contributed by atoms with Gasteiger partial charge in [-0.25, -0.2) is 0 Å². The first kappa shape index (κ1) is 15.1. The number of hydrogen-bond donors (Lipinski definition) is 0. The maximum atomic E-state index is 12.5. The summed E-state index contributed by atoms with van der Waals surface area (Å²) in [5.74, 6) is 2.07. The fourth-order valence-electron chi connectivity index (χ4n) is 4.53. The van der Waals surface area contributed by atoms with Crippen molar-refractivity contribution in [2.24, 2.45) is 5.92 Å². The zero-order chi connectivity index (χ0) is 16.8. The van der Waals surface area contributed by atoms with Crippen molar-refractivity contribution in [2.45, 2.75) is 37.8 Å². The van der Waals surface area contributed by atoms with Crippen molar-refractivity contribution in [3.8, 4) is 11.4 Å². The average molecular weight is 338 g/mol. The van der Waals surface area contributed by atoms with Gasteiger partial charge in [0.25, 0.3) is 0 Å². The SMILES string of the molecule is O=C(CN1[C@@H]2CC[C@H](C2)[C@H]1c1nc(-c2ccccc2)no1)N1CCC1. The van der Waals surface area contributed by atoms with E-state index in [2.05, 4.69) is 15.0 Å². The Hall–Kier alpha value is -2.21. The largest absolute Gasteiger partial charge is 0.341 e. The van der Waals surface area contributed by atoms with Crippen molar-refractivity contribution in [2.75, 3.05) is 19.6 Å². The average Bonchev–Trinajstić information content (AvgIpc) is 3.29. The van der Waals surface area contributed by atoms with E-state index >= 15 is 0 Å². The van der Waals surface area contributed by atoms with Crippen LogP contribution >= 0.6 is 0 Å². The summed E-state index contributed by atoms with van der Waals surface area (Å²) in [6.45, 7) is 2.29. The van der Waals surface area contributed by atoms with Crippen molar-refractivity contribution in [3.05, 3.63) is 36.2 Å². The number of piperidine rings is 1. The van der Waals surface area contributed by atoms with E-state index in [0.717, 1.165) is 31.5 Å². The van der Waals surface area contributed by atoms with E-state index in [0.29, 0.717) is 30.2 Å². The Bertz CT molecular complexity index is 771. The summed E-state index contributed by atoms with van der Waals surface area (Å²) in [6.07, 6.45) is 4.63. The van der Waals surface area contributed by atoms with Crippen molar-refractivity contribution >= 4 is 5.91 Å². The first-order valence-corrected chi connectivity index (χ1v) is 9.22. The zero-order valence-corrected chi connectivity index (χ0v) is 14.2. The summed E-state index contributed by atoms with van der Waals surface area (Å²) in [4.78, 5) is 21.4. The first-order valence-electron chi connectivity index (χ1n) is 9.22. The third-order valence-electron chi connectivity index (χ3n) is 5.97. The second kappa shape index (κ2) is 5.95. The first-order chi connectivity index (χ1) is 12.3. The Morgan fingerprint density at radius 2 is 2.04 bits per heavy atom. The van der Waals surface area contributed by atoms with Crippen LogP contribution in [0.25, 0.3) is 11.4 Å². The van der Waals surface area contributed by atoms with Gasteiger partial charge in [-0.15, -0.1) is 0 Å². The van der Waals surface area contributed by atoms with Gasteiger partial charge in [-0.05, 0) is 31.6 Å². The number of carbonyl (C=O) groups is 1. The van der Waals surface area contributed by atoms with Gasteiger partial charge in [0.15, 0.2) is 0 Å². The Balaban J connectivity index is 1.39. The van der Waals surface area contributed by atoms with Gasteiger partial charge in [-0.1, -0.05) is 35.5 Å². The number of carbonyl (C=O) groups excluding carboxylic acids is 1. The highest BCUT2D eigenvalue weighted by Gasteiger charge is 2.49. The molecule has 0 N–H and O–H groups in total. The fourth-order valence-corrected chi connectivity index (χ4v) is 4.53. The lowest BCUT2D eigenvalue weighted by atomic mass is 9.98. The van der Waals surface area contributed by atoms with Gasteiger partial charge in [0.2, 0.25) is 17.6 Å². The summed E-state index contributed by atoms with van der Waals surface area (Å²) >= 11 is 0. The van der Waals surface area contributed by atoms with E-state index in [1.807, 2.05) is 35.2 Å². The van der Waals surface area contributed by atoms with Gasteiger partial charge in [0.05, 0.1) is 12.6 Å². The van der Waals surface area contributed by atoms with Crippen LogP contribution in [-0.4, -0.2) is 51.5 Å². The molecule has 3 aliphatic rings. The van der Waals surface area contributed by atoms with Gasteiger partial charge in [-0.3, -0.25) is 9.69 Å². The molecule has 3 heterocycles. The predicted octanol–water partition coefficient (Wildman–Crippen LogP) is 2.49. The smallest absolute Gasteiger partial charge is 0.244 e. The second-order valence-electron chi connectivity index (χ2n) is 7.40. The molecule has 1 aromatic carbocycles. The molecular weight excluding hydrogens is 316 g/mol. The Morgan fingerprint density at radius 1 is 1.20 bits per heavy atom. The molecule has 1 aliphatic carbocycles. The summed E-state index contributed by atoms with van der Waals surface area (Å²) in [6, 6.07) is 10.5. The molecule has 2 aromatic rings. The van der Waals surface area contributed by atoms with Gasteiger partial charge in [0, 0.05) is 24.7 Å². The fraction of sp³-hybridized carbons (Fsp3) is 0.526. The van der Waals surface area contributed by atoms with E-state index in [1.54, 1.807) is 0 Å². The van der Waals surface area contributed by atoms with Gasteiger partial charge >= 0.3 is 0 Å². The van der Waals surface area contributed by atoms with E-state index < -0.39 is 0 Å². The molecule has 1 aromatic heterocycles. The van der Waals surface area contributed by atoms with Crippen LogP contribution in [0.15, 0.2) is 34.9 Å². The van der Waals surface area contributed by atoms with Crippen LogP contribution in [0.4, 0.5) is 0 Å². The Labute approximate surface area is 146 Å². The van der Waals surface area contributed by atoms with Crippen LogP contribution < -0.4 is 0 Å². The lowest BCUT2D eigenvalue weighted by Crippen LogP contribution is -2.49. The van der Waals surface area contributed by atoms with Crippen LogP contribution in [0.2, 0.25) is 0 Å². The molecule has 5 rings (SSSR count). The molecule has 2 bridgehead atoms. The summed E-state index contributed by atoms with van der Waals surface area (Å²) in [5, 5.41) is 4.18. The molecule has 0 spiro atoms. The maximum absolute atomic E-state index is 12.5. The summed E-state index contributed by atoms with van der Waals surface area (Å²) in [7, 11) is 0. The number of fused-ring (bicyclic) bond motifs is 2. The topological polar surface area (TPSA) is 62.5 Å². The Kier molecular flexibility index (Phi) is 3.59. The minimum absolute atomic E-state index is 0.0916. The second-order valence-corrected chi connectivity index (χ2v) is 7.40. The molecule has 0 unspecified atom stereocenters. The lowest BCUT2D eigenvalue weighted by Gasteiger charge is -2.37. The number of likely N-dealkylation sites (tertiary alicyclic amines) is 2. The maximum Gasteiger partial charge on any atom is 0.244 e. The molecular formula is C19H22N4O2. The van der Waals surface area contributed by atoms with Crippen molar-refractivity contribution in [1.29, 1.82) is 0 Å². The predicted molar refractivity (Wildman–Crippen MR) is 91.5 cm³/mol. The van der Waals surface area contributed by atoms with Gasteiger partial charge in [-0.2, -0.15) is 4.98 Å². The molecule has 6 nitrogen and oxygen atoms in total. The third kappa shape index (κ3) is 2.56. The van der Waals surface area contributed by atoms with E-state index in [9.17, 15) is 4.79 Å². The van der Waals surface area contributed by atoms with Crippen LogP contribution in [0.5, 0.6) is 0 Å². The van der Waals surface area contributed by atoms with E-state index in [4.69, 9.17) is 4.52 Å². The molecule has 6 heteroatoms. The number of rotatable bonds is 4. The lowest BCUT2D eigenvalue weighted by molar-refractivity contribution is -0.137. The van der Waals surface area contributed by atoms with Gasteiger partial charge < -0.3 is 9.42 Å². The van der Waals surface area contributed by atoms with Crippen molar-refractivity contribution < 1.29 is 9.32 Å². The molecule has 2 aliphatic heterocycles. The van der Waals surface area contributed by atoms with Crippen molar-refractivity contribution in [1.82, 2.24) is 19.9 Å². The normalized spacial score (nSPS) is 28.3. The molecule has 3 fully saturated rings. The Morgan fingerprint density at radius 3 is 2.80 bits per heavy atom. The van der Waals surface area contributed by atoms with Crippen LogP contribution in [0.3, 0.4) is 0 Å². The minimum atomic E-state index is 0.0916. The monoisotopic (exact) mass is 338 g/mol. The highest BCUT2D eigenvalue weighted by atomic mass is 16.5. The number of hydrogen-bond acceptors (Lipinski definition) is 5. The number of amides is 1. The van der Waals surface area contributed by atoms with Gasteiger partial charge in [0.1, 0.15) is 0 Å². The number of nitrogens with zero attached hydrogens (tertiary/aromatic N) is 4. The molecule has 1 saturated carbocycles. The molecule has 0 radical (unpaired) electrons. The summed E-state index contributed by atoms with van der Waals surface area (Å²) < 4.78 is 5.64. The quantitative estimate of drug-likeness (QED) is 0.857. The van der Waals surface area contributed by atoms with E-state index in [1.165, 1.54) is 12.8 Å². The highest BCUT2D eigenvalue weighted by molar-refractivity contribution is 5.79.